The third kappa shape index (κ3) is 5.79. The summed E-state index contributed by atoms with van der Waals surface area (Å²) in [5.41, 5.74) is 0.258. The predicted octanol–water partition coefficient (Wildman–Crippen LogP) is 0.455. The molecule has 7 N–H and O–H groups in total. The number of anilines is 1. The van der Waals surface area contributed by atoms with Gasteiger partial charge in [-0.2, -0.15) is 19.0 Å². The molecular weight excluding hydrogens is 561 g/mol. The molecule has 0 aliphatic carbocycles. The van der Waals surface area contributed by atoms with Crippen molar-refractivity contribution in [2.45, 2.75) is 30.4 Å². The van der Waals surface area contributed by atoms with E-state index in [9.17, 15) is 33.9 Å². The van der Waals surface area contributed by atoms with E-state index < -0.39 is 53.6 Å². The van der Waals surface area contributed by atoms with Crippen molar-refractivity contribution in [1.29, 1.82) is 6.54 Å². The van der Waals surface area contributed by atoms with Crippen LogP contribution in [0.25, 0.3) is 5.52 Å². The summed E-state index contributed by atoms with van der Waals surface area (Å²) in [7, 11) is -14.2. The number of nitrogen functional groups attached to an aromatic ring is 1. The van der Waals surface area contributed by atoms with Crippen LogP contribution in [0.15, 0.2) is 18.5 Å². The highest BCUT2D eigenvalue weighted by molar-refractivity contribution is 7.66. The zero-order valence-corrected chi connectivity index (χ0v) is 20.8. The van der Waals surface area contributed by atoms with Crippen molar-refractivity contribution < 1.29 is 60.6 Å². The number of nitrogens with two attached hydrogens (primary N) is 1. The van der Waals surface area contributed by atoms with Gasteiger partial charge in [-0.15, -0.1) is 0 Å². The third-order valence-corrected chi connectivity index (χ3v) is 8.54. The Morgan fingerprint density at radius 2 is 1.94 bits per heavy atom. The molecule has 0 spiro atoms. The molecule has 3 heterocycles. The molecule has 0 radical (unpaired) electrons. The second-order valence-electron chi connectivity index (χ2n) is 7.02. The van der Waals surface area contributed by atoms with Gasteiger partial charge in [0.2, 0.25) is 5.60 Å². The van der Waals surface area contributed by atoms with E-state index in [1.54, 1.807) is 6.07 Å². The van der Waals surface area contributed by atoms with Gasteiger partial charge in [-0.25, -0.2) is 27.6 Å². The quantitative estimate of drug-likeness (QED) is 0.231. The second kappa shape index (κ2) is 9.81. The number of ether oxygens (including phenoxy) is 1. The molecule has 1 fully saturated rings. The van der Waals surface area contributed by atoms with Crippen LogP contribution in [0.4, 0.5) is 10.2 Å². The Hall–Kier alpha value is -1.40. The lowest BCUT2D eigenvalue weighted by atomic mass is 9.82. The van der Waals surface area contributed by atoms with Crippen LogP contribution in [-0.2, 0) is 37.2 Å². The maximum absolute atomic E-state index is 15.7. The molecule has 35 heavy (non-hydrogen) atoms. The Kier molecular flexibility index (Phi) is 7.90. The van der Waals surface area contributed by atoms with Crippen molar-refractivity contribution in [3.05, 3.63) is 24.2 Å². The van der Waals surface area contributed by atoms with Gasteiger partial charge in [0.1, 0.15) is 30.1 Å². The van der Waals surface area contributed by atoms with Gasteiger partial charge in [-0.3, -0.25) is 4.52 Å². The molecule has 196 valence electrons. The fraction of sp³-hybridized carbons (Fsp3) is 0.462. The Morgan fingerprint density at radius 1 is 1.31 bits per heavy atom. The average molecular weight is 581 g/mol. The third-order valence-electron chi connectivity index (χ3n) is 4.74. The van der Waals surface area contributed by atoms with Crippen LogP contribution in [0, 0.1) is 11.3 Å². The molecular formula is C13H18FN5O12P4-2. The number of fused-ring (bicyclic) bond motifs is 1. The van der Waals surface area contributed by atoms with E-state index in [2.05, 4.69) is 33.1 Å². The van der Waals surface area contributed by atoms with Crippen molar-refractivity contribution in [3.8, 4) is 6.07 Å². The molecule has 6 atom stereocenters. The average Bonchev–Trinajstić information content (AvgIpc) is 3.25. The van der Waals surface area contributed by atoms with Crippen molar-refractivity contribution in [2.75, 3.05) is 12.3 Å². The molecule has 17 nitrogen and oxygen atoms in total. The minimum atomic E-state index is -5.80. The Balaban J connectivity index is 0.00000222. The van der Waals surface area contributed by atoms with Crippen molar-refractivity contribution in [1.82, 2.24) is 14.6 Å². The van der Waals surface area contributed by atoms with E-state index >= 15 is 4.39 Å². The summed E-state index contributed by atoms with van der Waals surface area (Å²) in [4.78, 5) is 39.6. The highest BCUT2D eigenvalue weighted by Crippen LogP contribution is 2.66. The van der Waals surface area contributed by atoms with E-state index in [1.807, 2.05) is 0 Å². The zero-order chi connectivity index (χ0) is 27.7. The summed E-state index contributed by atoms with van der Waals surface area (Å²) in [5.74, 6) is -0.0161. The van der Waals surface area contributed by atoms with Crippen LogP contribution in [0.5, 0.6) is 0 Å². The predicted molar refractivity (Wildman–Crippen MR) is 113 cm³/mol. The number of phosphoric ester groups is 1. The highest BCUT2D eigenvalue weighted by Gasteiger charge is 2.67. The van der Waals surface area contributed by atoms with Gasteiger partial charge >= 0.3 is 23.5 Å². The number of phosphoric acid groups is 3. The van der Waals surface area contributed by atoms with Crippen LogP contribution >= 0.6 is 33.3 Å². The minimum Gasteiger partial charge on any atom is -1.51 e. The number of aliphatic hydroxyl groups excluding tert-OH is 1. The van der Waals surface area contributed by atoms with Gasteiger partial charge in [-0.1, -0.05) is 0 Å². The van der Waals surface area contributed by atoms with E-state index in [0.29, 0.717) is 0 Å². The summed E-state index contributed by atoms with van der Waals surface area (Å²) in [6.45, 7) is -0.371. The van der Waals surface area contributed by atoms with Crippen molar-refractivity contribution >= 4 is 44.6 Å². The van der Waals surface area contributed by atoms with Gasteiger partial charge in [0.05, 0.1) is 12.3 Å². The molecule has 1 aliphatic heterocycles. The van der Waals surface area contributed by atoms with Crippen molar-refractivity contribution in [3.63, 3.8) is 0 Å². The molecule has 0 saturated carbocycles. The first-order valence-electron chi connectivity index (χ1n) is 9.22. The van der Waals surface area contributed by atoms with Crippen LogP contribution in [0.3, 0.4) is 0 Å². The van der Waals surface area contributed by atoms with Gasteiger partial charge in [-0.05, 0) is 19.1 Å². The SMILES string of the molecule is C[C@@]1(F)[C@H](O)[C@@H](COP(=O)(O)OP(=O)(O)OP(=O)(O)O)O[C@@]1(C#N)c1ccc2c(N)ncnn12.[3H][P-2]. The summed E-state index contributed by atoms with van der Waals surface area (Å²) in [5, 5.41) is 24.2. The molecule has 1 saturated heterocycles. The number of halogens is 1. The maximum atomic E-state index is 15.7. The van der Waals surface area contributed by atoms with Gasteiger partial charge in [0.25, 0.3) is 0 Å². The Bertz CT molecular complexity index is 1300. The number of nitrogens with zero attached hydrogens (tertiary/aromatic N) is 4. The van der Waals surface area contributed by atoms with E-state index in [0.717, 1.165) is 17.8 Å². The van der Waals surface area contributed by atoms with E-state index in [1.165, 1.54) is 12.1 Å². The van der Waals surface area contributed by atoms with Gasteiger partial charge in [0.15, 0.2) is 11.5 Å². The van der Waals surface area contributed by atoms with E-state index in [4.69, 9.17) is 21.5 Å². The standard InChI is InChI=1S/C13H17FN5O12P3.HP/c1-12(14)10(20)8(4-28-33(24,25)31-34(26,27)30-32(21,22)23)29-13(12,5-15)9-3-2-7-11(16)17-6-18-19(7)9;/h2-3,6,8,10,20H,4H2,1H3,(H,24,25)(H,26,27)(H2,16,17,18)(H2,21,22,23);1H/q;-2/t8-,10-,12-,13+;/m1./s1/i;1T. The first kappa shape index (κ1) is 28.2. The van der Waals surface area contributed by atoms with Gasteiger partial charge < -0.3 is 46.3 Å². The summed E-state index contributed by atoms with van der Waals surface area (Å²) in [6, 6.07) is 4.21. The van der Waals surface area contributed by atoms with E-state index in [-0.39, 0.29) is 17.0 Å². The fourth-order valence-electron chi connectivity index (χ4n) is 3.28. The zero-order valence-electron chi connectivity index (χ0n) is 18.2. The number of nitriles is 1. The number of aromatic nitrogens is 3. The molecule has 2 aromatic rings. The number of alkyl halides is 1. The molecule has 2 unspecified atom stereocenters. The second-order valence-corrected chi connectivity index (χ2v) is 11.4. The van der Waals surface area contributed by atoms with Crippen LogP contribution in [0.2, 0.25) is 0 Å². The Labute approximate surface area is 200 Å². The smallest absolute Gasteiger partial charge is 0.490 e. The minimum absolute atomic E-state index is 0.0161. The first-order valence-corrected chi connectivity index (χ1v) is 13.3. The summed E-state index contributed by atoms with van der Waals surface area (Å²) >= 11 is 0. The van der Waals surface area contributed by atoms with Gasteiger partial charge in [0, 0.05) is 0 Å². The largest absolute Gasteiger partial charge is 1.51 e. The summed E-state index contributed by atoms with van der Waals surface area (Å²) in [6.07, 6.45) is -2.97. The Morgan fingerprint density at radius 3 is 2.51 bits per heavy atom. The lowest BCUT2D eigenvalue weighted by Crippen LogP contribution is -2.48. The monoisotopic (exact) mass is 581 g/mol. The molecule has 0 amide bonds. The molecule has 22 heteroatoms. The first-order chi connectivity index (χ1) is 16.4. The summed E-state index contributed by atoms with van der Waals surface area (Å²) < 4.78 is 73.2. The lowest BCUT2D eigenvalue weighted by molar-refractivity contribution is -0.0711. The number of aliphatic hydroxyl groups is 1. The molecule has 0 bridgehead atoms. The molecule has 0 aromatic carbocycles. The molecule has 1 aliphatic rings. The fourth-order valence-corrected chi connectivity index (χ4v) is 6.31. The normalized spacial score (nSPS) is 30.4. The lowest BCUT2D eigenvalue weighted by Gasteiger charge is -2.30. The van der Waals surface area contributed by atoms with Crippen LogP contribution in [-0.4, -0.2) is 65.0 Å². The van der Waals surface area contributed by atoms with Crippen molar-refractivity contribution in [2.24, 2.45) is 0 Å². The number of hydrogen-bond donors (Lipinski definition) is 6. The van der Waals surface area contributed by atoms with Crippen LogP contribution < -0.4 is 5.73 Å². The number of rotatable bonds is 8. The number of hydrogen-bond acceptors (Lipinski definition) is 12. The highest BCUT2D eigenvalue weighted by atomic mass is 31.3. The van der Waals surface area contributed by atoms with Crippen LogP contribution in [0.1, 0.15) is 12.6 Å². The molecule has 3 rings (SSSR count). The maximum Gasteiger partial charge on any atom is 0.490 e. The molecule has 2 aromatic heterocycles. The topological polar surface area (TPSA) is 269 Å².